The van der Waals surface area contributed by atoms with Crippen LogP contribution in [0.25, 0.3) is 0 Å². The highest BCUT2D eigenvalue weighted by atomic mass is 32.1. The molecule has 1 nitrogen and oxygen atoms in total. The van der Waals surface area contributed by atoms with Gasteiger partial charge in [0.15, 0.2) is 0 Å². The summed E-state index contributed by atoms with van der Waals surface area (Å²) in [5.41, 5.74) is 1.21. The van der Waals surface area contributed by atoms with E-state index in [-0.39, 0.29) is 6.10 Å². The molecular weight excluding hydrogens is 168 g/mol. The quantitative estimate of drug-likeness (QED) is 0.704. The van der Waals surface area contributed by atoms with Gasteiger partial charge in [0.25, 0.3) is 0 Å². The van der Waals surface area contributed by atoms with Crippen molar-refractivity contribution in [2.45, 2.75) is 19.6 Å². The van der Waals surface area contributed by atoms with Gasteiger partial charge < -0.3 is 4.74 Å². The Hall–Kier alpha value is -0.470. The Balaban J connectivity index is 2.33. The molecule has 0 aliphatic heterocycles. The van der Waals surface area contributed by atoms with Crippen LogP contribution in [0.3, 0.4) is 0 Å². The standard InChI is InChI=1S/C10H14OS/c1-9(8-12)11-7-10-5-3-2-4-6-10/h2-6,9,12H,7-8H2,1H3/t9-/m0/s1. The number of benzene rings is 1. The Kier molecular flexibility index (Phi) is 4.19. The first-order valence-electron chi connectivity index (χ1n) is 4.09. The van der Waals surface area contributed by atoms with Gasteiger partial charge in [-0.2, -0.15) is 12.6 Å². The molecule has 0 saturated heterocycles. The molecular formula is C10H14OS. The summed E-state index contributed by atoms with van der Waals surface area (Å²) in [5.74, 6) is 0.771. The maximum atomic E-state index is 5.50. The van der Waals surface area contributed by atoms with Crippen molar-refractivity contribution in [3.63, 3.8) is 0 Å². The SMILES string of the molecule is C[C@@H](CS)OCc1ccccc1. The van der Waals surface area contributed by atoms with E-state index in [0.29, 0.717) is 6.61 Å². The van der Waals surface area contributed by atoms with Crippen molar-refractivity contribution in [3.05, 3.63) is 35.9 Å². The van der Waals surface area contributed by atoms with Crippen molar-refractivity contribution in [1.29, 1.82) is 0 Å². The van der Waals surface area contributed by atoms with Gasteiger partial charge in [-0.3, -0.25) is 0 Å². The molecule has 1 rings (SSSR count). The van der Waals surface area contributed by atoms with Crippen molar-refractivity contribution in [2.24, 2.45) is 0 Å². The zero-order valence-electron chi connectivity index (χ0n) is 7.23. The summed E-state index contributed by atoms with van der Waals surface area (Å²) in [6.45, 7) is 2.71. The summed E-state index contributed by atoms with van der Waals surface area (Å²) in [6, 6.07) is 10.2. The number of thiol groups is 1. The lowest BCUT2D eigenvalue weighted by molar-refractivity contribution is 0.0690. The molecule has 2 heteroatoms. The van der Waals surface area contributed by atoms with Gasteiger partial charge in [-0.05, 0) is 12.5 Å². The lowest BCUT2D eigenvalue weighted by Crippen LogP contribution is -2.09. The van der Waals surface area contributed by atoms with Crippen LogP contribution in [-0.4, -0.2) is 11.9 Å². The largest absolute Gasteiger partial charge is 0.373 e. The van der Waals surface area contributed by atoms with Crippen LogP contribution in [-0.2, 0) is 11.3 Å². The molecule has 0 spiro atoms. The third-order valence-electron chi connectivity index (χ3n) is 1.63. The third-order valence-corrected chi connectivity index (χ3v) is 2.15. The monoisotopic (exact) mass is 182 g/mol. The van der Waals surface area contributed by atoms with Gasteiger partial charge in [-0.25, -0.2) is 0 Å². The van der Waals surface area contributed by atoms with Crippen molar-refractivity contribution in [3.8, 4) is 0 Å². The number of hydrogen-bond donors (Lipinski definition) is 1. The smallest absolute Gasteiger partial charge is 0.0720 e. The zero-order chi connectivity index (χ0) is 8.81. The van der Waals surface area contributed by atoms with E-state index >= 15 is 0 Å². The predicted octanol–water partition coefficient (Wildman–Crippen LogP) is 2.52. The van der Waals surface area contributed by atoms with Crippen LogP contribution in [0.5, 0.6) is 0 Å². The third kappa shape index (κ3) is 3.28. The van der Waals surface area contributed by atoms with Crippen LogP contribution in [0.1, 0.15) is 12.5 Å². The van der Waals surface area contributed by atoms with Crippen molar-refractivity contribution in [2.75, 3.05) is 5.75 Å². The molecule has 1 atom stereocenters. The minimum Gasteiger partial charge on any atom is -0.373 e. The lowest BCUT2D eigenvalue weighted by atomic mass is 10.2. The minimum atomic E-state index is 0.230. The molecule has 12 heavy (non-hydrogen) atoms. The second kappa shape index (κ2) is 5.22. The second-order valence-electron chi connectivity index (χ2n) is 2.79. The zero-order valence-corrected chi connectivity index (χ0v) is 8.13. The topological polar surface area (TPSA) is 9.23 Å². The van der Waals surface area contributed by atoms with Crippen LogP contribution in [0.15, 0.2) is 30.3 Å². The van der Waals surface area contributed by atoms with Gasteiger partial charge in [0, 0.05) is 5.75 Å². The number of hydrogen-bond acceptors (Lipinski definition) is 2. The van der Waals surface area contributed by atoms with Gasteiger partial charge in [0.05, 0.1) is 12.7 Å². The Bertz CT molecular complexity index is 210. The molecule has 0 amide bonds. The summed E-state index contributed by atoms with van der Waals surface area (Å²) in [7, 11) is 0. The summed E-state index contributed by atoms with van der Waals surface area (Å²) >= 11 is 4.14. The Morgan fingerprint density at radius 3 is 2.58 bits per heavy atom. The van der Waals surface area contributed by atoms with Crippen LogP contribution in [0, 0.1) is 0 Å². The van der Waals surface area contributed by atoms with Crippen LogP contribution < -0.4 is 0 Å². The first kappa shape index (κ1) is 9.62. The van der Waals surface area contributed by atoms with Gasteiger partial charge in [0.1, 0.15) is 0 Å². The van der Waals surface area contributed by atoms with Crippen molar-refractivity contribution >= 4 is 12.6 Å². The Labute approximate surface area is 79.2 Å². The molecule has 1 aromatic rings. The first-order chi connectivity index (χ1) is 5.83. The van der Waals surface area contributed by atoms with E-state index in [1.807, 2.05) is 25.1 Å². The van der Waals surface area contributed by atoms with Crippen LogP contribution in [0.4, 0.5) is 0 Å². The normalized spacial score (nSPS) is 12.8. The molecule has 0 saturated carbocycles. The molecule has 0 fully saturated rings. The maximum Gasteiger partial charge on any atom is 0.0720 e. The molecule has 0 unspecified atom stereocenters. The molecule has 0 bridgehead atoms. The van der Waals surface area contributed by atoms with E-state index in [0.717, 1.165) is 5.75 Å². The van der Waals surface area contributed by atoms with E-state index in [1.165, 1.54) is 5.56 Å². The van der Waals surface area contributed by atoms with Crippen LogP contribution in [0.2, 0.25) is 0 Å². The maximum absolute atomic E-state index is 5.50. The summed E-state index contributed by atoms with van der Waals surface area (Å²) in [4.78, 5) is 0. The van der Waals surface area contributed by atoms with Crippen molar-refractivity contribution in [1.82, 2.24) is 0 Å². The molecule has 0 aliphatic rings. The summed E-state index contributed by atoms with van der Waals surface area (Å²) in [6.07, 6.45) is 0.230. The van der Waals surface area contributed by atoms with Gasteiger partial charge >= 0.3 is 0 Å². The molecule has 66 valence electrons. The second-order valence-corrected chi connectivity index (χ2v) is 3.15. The molecule has 0 aromatic heterocycles. The Morgan fingerprint density at radius 1 is 1.33 bits per heavy atom. The van der Waals surface area contributed by atoms with Gasteiger partial charge in [0.2, 0.25) is 0 Å². The fourth-order valence-corrected chi connectivity index (χ4v) is 0.971. The average Bonchev–Trinajstić information content (AvgIpc) is 2.16. The van der Waals surface area contributed by atoms with Gasteiger partial charge in [-0.15, -0.1) is 0 Å². The molecule has 0 heterocycles. The van der Waals surface area contributed by atoms with E-state index in [4.69, 9.17) is 4.74 Å². The lowest BCUT2D eigenvalue weighted by Gasteiger charge is -2.09. The fraction of sp³-hybridized carbons (Fsp3) is 0.400. The Morgan fingerprint density at radius 2 is 2.00 bits per heavy atom. The molecule has 1 aromatic carbocycles. The number of ether oxygens (including phenoxy) is 1. The minimum absolute atomic E-state index is 0.230. The highest BCUT2D eigenvalue weighted by Gasteiger charge is 1.98. The highest BCUT2D eigenvalue weighted by molar-refractivity contribution is 7.80. The van der Waals surface area contributed by atoms with Gasteiger partial charge in [-0.1, -0.05) is 30.3 Å². The van der Waals surface area contributed by atoms with E-state index in [1.54, 1.807) is 0 Å². The first-order valence-corrected chi connectivity index (χ1v) is 4.72. The van der Waals surface area contributed by atoms with Crippen molar-refractivity contribution < 1.29 is 4.74 Å². The highest BCUT2D eigenvalue weighted by Crippen LogP contribution is 2.03. The average molecular weight is 182 g/mol. The van der Waals surface area contributed by atoms with Crippen LogP contribution >= 0.6 is 12.6 Å². The fourth-order valence-electron chi connectivity index (χ4n) is 0.865. The number of rotatable bonds is 4. The molecule has 0 radical (unpaired) electrons. The van der Waals surface area contributed by atoms with E-state index < -0.39 is 0 Å². The molecule has 0 aliphatic carbocycles. The van der Waals surface area contributed by atoms with E-state index in [9.17, 15) is 0 Å². The summed E-state index contributed by atoms with van der Waals surface area (Å²) < 4.78 is 5.50. The summed E-state index contributed by atoms with van der Waals surface area (Å²) in [5, 5.41) is 0. The molecule has 0 N–H and O–H groups in total. The predicted molar refractivity (Wildman–Crippen MR) is 54.5 cm³/mol. The van der Waals surface area contributed by atoms with E-state index in [2.05, 4.69) is 24.8 Å².